The van der Waals surface area contributed by atoms with Crippen molar-refractivity contribution in [3.05, 3.63) is 40.9 Å². The monoisotopic (exact) mass is 385 g/mol. The Morgan fingerprint density at radius 1 is 1.22 bits per heavy atom. The molecule has 0 bridgehead atoms. The summed E-state index contributed by atoms with van der Waals surface area (Å²) < 4.78 is 10.6. The number of halogens is 1. The van der Waals surface area contributed by atoms with Gasteiger partial charge in [0.1, 0.15) is 6.04 Å². The Morgan fingerprint density at radius 2 is 2.04 bits per heavy atom. The van der Waals surface area contributed by atoms with E-state index in [1.165, 1.54) is 0 Å². The topological polar surface area (TPSA) is 79.9 Å². The number of amides is 2. The molecule has 1 saturated heterocycles. The van der Waals surface area contributed by atoms with Gasteiger partial charge in [-0.05, 0) is 31.0 Å². The first-order valence-electron chi connectivity index (χ1n) is 8.72. The Bertz CT molecular complexity index is 978. The van der Waals surface area contributed by atoms with E-state index in [-0.39, 0.29) is 24.6 Å². The van der Waals surface area contributed by atoms with Gasteiger partial charge in [0.25, 0.3) is 5.91 Å². The van der Waals surface area contributed by atoms with Crippen LogP contribution in [0.3, 0.4) is 0 Å². The Kier molecular flexibility index (Phi) is 3.65. The van der Waals surface area contributed by atoms with Crippen LogP contribution in [-0.2, 0) is 4.79 Å². The lowest BCUT2D eigenvalue weighted by Crippen LogP contribution is -2.43. The summed E-state index contributed by atoms with van der Waals surface area (Å²) >= 11 is 6.22. The number of rotatable bonds is 2. The Labute approximate surface area is 160 Å². The van der Waals surface area contributed by atoms with Crippen LogP contribution in [0.1, 0.15) is 23.2 Å². The second-order valence-electron chi connectivity index (χ2n) is 6.71. The van der Waals surface area contributed by atoms with E-state index in [4.69, 9.17) is 21.1 Å². The molecule has 0 spiro atoms. The van der Waals surface area contributed by atoms with Crippen LogP contribution in [0.5, 0.6) is 11.5 Å². The molecule has 27 heavy (non-hydrogen) atoms. The van der Waals surface area contributed by atoms with Crippen molar-refractivity contribution in [1.29, 1.82) is 0 Å². The number of ether oxygens (including phenoxy) is 2. The van der Waals surface area contributed by atoms with Gasteiger partial charge in [-0.3, -0.25) is 9.59 Å². The summed E-state index contributed by atoms with van der Waals surface area (Å²) in [6.45, 7) is 0.981. The molecule has 0 unspecified atom stereocenters. The van der Waals surface area contributed by atoms with Crippen molar-refractivity contribution in [2.45, 2.75) is 18.9 Å². The predicted molar refractivity (Wildman–Crippen MR) is 101 cm³/mol. The molecule has 1 atom stereocenters. The zero-order chi connectivity index (χ0) is 18.5. The van der Waals surface area contributed by atoms with Crippen LogP contribution < -0.4 is 25.0 Å². The maximum atomic E-state index is 12.7. The Hall–Kier alpha value is -2.93. The third-order valence-corrected chi connectivity index (χ3v) is 5.40. The SMILES string of the molecule is O=C(Nc1cc2c(cc1Cl)OCO2)c1ccc2c(c1)NC(=O)[C@H]1CCCN21. The molecule has 2 aromatic carbocycles. The highest BCUT2D eigenvalue weighted by atomic mass is 35.5. The molecule has 3 heterocycles. The summed E-state index contributed by atoms with van der Waals surface area (Å²) in [6.07, 6.45) is 1.85. The number of nitrogens with zero attached hydrogens (tertiary/aromatic N) is 1. The van der Waals surface area contributed by atoms with Crippen LogP contribution >= 0.6 is 11.6 Å². The van der Waals surface area contributed by atoms with Crippen LogP contribution in [0.2, 0.25) is 5.02 Å². The number of hydrogen-bond acceptors (Lipinski definition) is 5. The van der Waals surface area contributed by atoms with E-state index in [1.54, 1.807) is 24.3 Å². The molecular formula is C19H16ClN3O4. The first kappa shape index (κ1) is 16.3. The van der Waals surface area contributed by atoms with Gasteiger partial charge in [0.15, 0.2) is 11.5 Å². The van der Waals surface area contributed by atoms with E-state index < -0.39 is 0 Å². The number of carbonyl (C=O) groups is 2. The molecule has 2 amide bonds. The van der Waals surface area contributed by atoms with Gasteiger partial charge in [0, 0.05) is 24.2 Å². The molecule has 5 rings (SSSR count). The van der Waals surface area contributed by atoms with E-state index in [0.29, 0.717) is 33.5 Å². The number of benzene rings is 2. The average molecular weight is 386 g/mol. The predicted octanol–water partition coefficient (Wildman–Crippen LogP) is 3.24. The smallest absolute Gasteiger partial charge is 0.255 e. The second-order valence-corrected chi connectivity index (χ2v) is 7.12. The van der Waals surface area contributed by atoms with Crippen LogP contribution in [0.15, 0.2) is 30.3 Å². The fourth-order valence-corrected chi connectivity index (χ4v) is 3.98. The van der Waals surface area contributed by atoms with Gasteiger partial charge in [-0.25, -0.2) is 0 Å². The number of hydrogen-bond donors (Lipinski definition) is 2. The van der Waals surface area contributed by atoms with Gasteiger partial charge >= 0.3 is 0 Å². The molecule has 3 aliphatic heterocycles. The lowest BCUT2D eigenvalue weighted by Gasteiger charge is -2.33. The van der Waals surface area contributed by atoms with E-state index in [0.717, 1.165) is 25.1 Å². The minimum absolute atomic E-state index is 0.0172. The molecule has 3 aliphatic rings. The van der Waals surface area contributed by atoms with Gasteiger partial charge in [-0.15, -0.1) is 0 Å². The summed E-state index contributed by atoms with van der Waals surface area (Å²) in [4.78, 5) is 27.1. The zero-order valence-electron chi connectivity index (χ0n) is 14.3. The maximum absolute atomic E-state index is 12.7. The fourth-order valence-electron chi connectivity index (χ4n) is 3.78. The molecular weight excluding hydrogens is 370 g/mol. The molecule has 7 nitrogen and oxygen atoms in total. The van der Waals surface area contributed by atoms with Gasteiger partial charge < -0.3 is 25.0 Å². The normalized spacial score (nSPS) is 19.4. The van der Waals surface area contributed by atoms with E-state index in [1.807, 2.05) is 6.07 Å². The number of fused-ring (bicyclic) bond motifs is 4. The summed E-state index contributed by atoms with van der Waals surface area (Å²) in [5, 5.41) is 6.06. The highest BCUT2D eigenvalue weighted by molar-refractivity contribution is 6.34. The van der Waals surface area contributed by atoms with Crippen LogP contribution in [0.25, 0.3) is 0 Å². The fraction of sp³-hybridized carbons (Fsp3) is 0.263. The molecule has 138 valence electrons. The minimum Gasteiger partial charge on any atom is -0.454 e. The number of anilines is 3. The van der Waals surface area contributed by atoms with E-state index in [9.17, 15) is 9.59 Å². The molecule has 2 aromatic rings. The molecule has 0 aliphatic carbocycles. The van der Waals surface area contributed by atoms with Crippen molar-refractivity contribution < 1.29 is 19.1 Å². The van der Waals surface area contributed by atoms with Crippen LogP contribution in [-0.4, -0.2) is 31.2 Å². The van der Waals surface area contributed by atoms with Crippen molar-refractivity contribution >= 4 is 40.5 Å². The van der Waals surface area contributed by atoms with Crippen molar-refractivity contribution in [3.8, 4) is 11.5 Å². The lowest BCUT2D eigenvalue weighted by atomic mass is 10.1. The minimum atomic E-state index is -0.323. The summed E-state index contributed by atoms with van der Waals surface area (Å²) in [5.74, 6) is 0.745. The van der Waals surface area contributed by atoms with Gasteiger partial charge in [-0.1, -0.05) is 11.6 Å². The quantitative estimate of drug-likeness (QED) is 0.829. The molecule has 2 N–H and O–H groups in total. The molecule has 8 heteroatoms. The van der Waals surface area contributed by atoms with Crippen LogP contribution in [0.4, 0.5) is 17.1 Å². The third kappa shape index (κ3) is 2.66. The Morgan fingerprint density at radius 3 is 2.89 bits per heavy atom. The standard InChI is InChI=1S/C19H16ClN3O4/c20-11-7-16-17(27-9-26-16)8-12(11)21-18(24)10-3-4-14-13(6-10)22-19(25)15-2-1-5-23(14)15/h3-4,6-8,15H,1-2,5,9H2,(H,21,24)(H,22,25)/t15-/m1/s1. The van der Waals surface area contributed by atoms with Gasteiger partial charge in [0.2, 0.25) is 12.7 Å². The zero-order valence-corrected chi connectivity index (χ0v) is 15.0. The summed E-state index contributed by atoms with van der Waals surface area (Å²) in [5.41, 5.74) is 2.48. The molecule has 0 radical (unpaired) electrons. The van der Waals surface area contributed by atoms with Gasteiger partial charge in [-0.2, -0.15) is 0 Å². The summed E-state index contributed by atoms with van der Waals surface area (Å²) in [7, 11) is 0. The van der Waals surface area contributed by atoms with Gasteiger partial charge in [0.05, 0.1) is 22.1 Å². The second kappa shape index (κ2) is 6.06. The van der Waals surface area contributed by atoms with Crippen LogP contribution in [0, 0.1) is 0 Å². The first-order valence-corrected chi connectivity index (χ1v) is 9.10. The summed E-state index contributed by atoms with van der Waals surface area (Å²) in [6, 6.07) is 8.46. The van der Waals surface area contributed by atoms with Crippen molar-refractivity contribution in [1.82, 2.24) is 0 Å². The molecule has 0 saturated carbocycles. The number of nitrogens with one attached hydrogen (secondary N) is 2. The lowest BCUT2D eigenvalue weighted by molar-refractivity contribution is -0.117. The highest BCUT2D eigenvalue weighted by Crippen LogP contribution is 2.40. The van der Waals surface area contributed by atoms with E-state index in [2.05, 4.69) is 15.5 Å². The van der Waals surface area contributed by atoms with Crippen molar-refractivity contribution in [2.24, 2.45) is 0 Å². The van der Waals surface area contributed by atoms with Crippen molar-refractivity contribution in [2.75, 3.05) is 28.9 Å². The maximum Gasteiger partial charge on any atom is 0.255 e. The largest absolute Gasteiger partial charge is 0.454 e. The number of carbonyl (C=O) groups excluding carboxylic acids is 2. The Balaban J connectivity index is 1.42. The van der Waals surface area contributed by atoms with Crippen molar-refractivity contribution in [3.63, 3.8) is 0 Å². The molecule has 0 aromatic heterocycles. The third-order valence-electron chi connectivity index (χ3n) is 5.09. The average Bonchev–Trinajstić information content (AvgIpc) is 3.31. The highest BCUT2D eigenvalue weighted by Gasteiger charge is 2.36. The molecule has 1 fully saturated rings. The first-order chi connectivity index (χ1) is 13.1. The van der Waals surface area contributed by atoms with E-state index >= 15 is 0 Å².